The summed E-state index contributed by atoms with van der Waals surface area (Å²) in [5.74, 6) is -0.311. The second kappa shape index (κ2) is 8.27. The zero-order valence-electron chi connectivity index (χ0n) is 14.7. The van der Waals surface area contributed by atoms with Crippen LogP contribution in [0.25, 0.3) is 0 Å². The van der Waals surface area contributed by atoms with Crippen molar-refractivity contribution in [3.8, 4) is 0 Å². The summed E-state index contributed by atoms with van der Waals surface area (Å²) < 4.78 is 7.04. The van der Waals surface area contributed by atoms with E-state index in [1.165, 1.54) is 0 Å². The monoisotopic (exact) mass is 375 g/mol. The van der Waals surface area contributed by atoms with Crippen LogP contribution in [0.15, 0.2) is 42.6 Å². The summed E-state index contributed by atoms with van der Waals surface area (Å²) in [4.78, 5) is 26.0. The van der Waals surface area contributed by atoms with Gasteiger partial charge in [-0.15, -0.1) is 0 Å². The van der Waals surface area contributed by atoms with Gasteiger partial charge in [0, 0.05) is 36.5 Å². The standard InChI is InChI=1S/C19H22ClN3O3/c1-2-26-17(24)9-10-21-19(25)23-13-12-22-11-3-4-16(22)18(23)14-5-7-15(20)8-6-14/h3-8,11,18H,2,9-10,12-13H2,1H3,(H,21,25)/t18-/m1/s1. The third kappa shape index (κ3) is 4.02. The van der Waals surface area contributed by atoms with Crippen LogP contribution in [0.5, 0.6) is 0 Å². The summed E-state index contributed by atoms with van der Waals surface area (Å²) >= 11 is 6.01. The molecule has 1 N–H and O–H groups in total. The second-order valence-electron chi connectivity index (χ2n) is 6.06. The number of halogens is 1. The summed E-state index contributed by atoms with van der Waals surface area (Å²) in [5.41, 5.74) is 2.05. The molecule has 1 aliphatic heterocycles. The summed E-state index contributed by atoms with van der Waals surface area (Å²) in [6.45, 7) is 3.67. The molecule has 0 saturated carbocycles. The first kappa shape index (κ1) is 18.3. The zero-order valence-corrected chi connectivity index (χ0v) is 15.4. The summed E-state index contributed by atoms with van der Waals surface area (Å²) in [6, 6.07) is 11.2. The molecule has 0 radical (unpaired) electrons. The molecule has 0 bridgehead atoms. The van der Waals surface area contributed by atoms with Crippen LogP contribution in [0.2, 0.25) is 5.02 Å². The van der Waals surface area contributed by atoms with E-state index >= 15 is 0 Å². The maximum Gasteiger partial charge on any atom is 0.318 e. The number of nitrogens with zero attached hydrogens (tertiary/aromatic N) is 2. The highest BCUT2D eigenvalue weighted by molar-refractivity contribution is 6.30. The Morgan fingerprint density at radius 2 is 2.00 bits per heavy atom. The Hall–Kier alpha value is -2.47. The summed E-state index contributed by atoms with van der Waals surface area (Å²) in [5, 5.41) is 3.48. The maximum atomic E-state index is 12.7. The van der Waals surface area contributed by atoms with Gasteiger partial charge in [0.05, 0.1) is 19.1 Å². The molecule has 26 heavy (non-hydrogen) atoms. The quantitative estimate of drug-likeness (QED) is 0.816. The summed E-state index contributed by atoms with van der Waals surface area (Å²) in [7, 11) is 0. The second-order valence-corrected chi connectivity index (χ2v) is 6.50. The van der Waals surface area contributed by atoms with Gasteiger partial charge >= 0.3 is 12.0 Å². The number of hydrogen-bond acceptors (Lipinski definition) is 3. The molecular weight excluding hydrogens is 354 g/mol. The van der Waals surface area contributed by atoms with Gasteiger partial charge in [-0.2, -0.15) is 0 Å². The normalized spacial score (nSPS) is 16.1. The number of ether oxygens (including phenoxy) is 1. The van der Waals surface area contributed by atoms with E-state index in [4.69, 9.17) is 16.3 Å². The van der Waals surface area contributed by atoms with E-state index in [1.807, 2.05) is 42.6 Å². The van der Waals surface area contributed by atoms with Crippen LogP contribution in [-0.2, 0) is 16.1 Å². The van der Waals surface area contributed by atoms with Crippen molar-refractivity contribution in [1.29, 1.82) is 0 Å². The molecule has 1 aliphatic rings. The first-order valence-corrected chi connectivity index (χ1v) is 9.08. The van der Waals surface area contributed by atoms with E-state index in [0.29, 0.717) is 18.2 Å². The van der Waals surface area contributed by atoms with Crippen molar-refractivity contribution in [2.45, 2.75) is 25.9 Å². The van der Waals surface area contributed by atoms with E-state index < -0.39 is 0 Å². The number of rotatable bonds is 5. The lowest BCUT2D eigenvalue weighted by atomic mass is 10.0. The molecule has 2 amide bonds. The number of carbonyl (C=O) groups is 2. The molecule has 0 spiro atoms. The van der Waals surface area contributed by atoms with Crippen LogP contribution >= 0.6 is 11.6 Å². The minimum atomic E-state index is -0.311. The third-order valence-electron chi connectivity index (χ3n) is 4.40. The molecule has 0 fully saturated rings. The molecule has 2 heterocycles. The molecule has 0 unspecified atom stereocenters. The van der Waals surface area contributed by atoms with Crippen molar-refractivity contribution in [2.75, 3.05) is 19.7 Å². The van der Waals surface area contributed by atoms with Crippen molar-refractivity contribution in [1.82, 2.24) is 14.8 Å². The number of urea groups is 1. The average Bonchev–Trinajstić information content (AvgIpc) is 3.10. The Kier molecular flexibility index (Phi) is 5.83. The van der Waals surface area contributed by atoms with Crippen LogP contribution in [0.3, 0.4) is 0 Å². The molecule has 1 aromatic heterocycles. The van der Waals surface area contributed by atoms with Crippen molar-refractivity contribution in [3.63, 3.8) is 0 Å². The molecule has 1 aromatic carbocycles. The number of amides is 2. The Balaban J connectivity index is 1.75. The molecular formula is C19H22ClN3O3. The van der Waals surface area contributed by atoms with Crippen LogP contribution < -0.4 is 5.32 Å². The van der Waals surface area contributed by atoms with Gasteiger partial charge in [-0.1, -0.05) is 23.7 Å². The number of hydrogen-bond donors (Lipinski definition) is 1. The van der Waals surface area contributed by atoms with E-state index in [2.05, 4.69) is 9.88 Å². The van der Waals surface area contributed by atoms with Gasteiger partial charge in [-0.25, -0.2) is 4.79 Å². The van der Waals surface area contributed by atoms with Gasteiger partial charge in [0.2, 0.25) is 0 Å². The minimum absolute atomic E-state index is 0.162. The lowest BCUT2D eigenvalue weighted by molar-refractivity contribution is -0.142. The highest BCUT2D eigenvalue weighted by Gasteiger charge is 2.32. The fraction of sp³-hybridized carbons (Fsp3) is 0.368. The minimum Gasteiger partial charge on any atom is -0.466 e. The van der Waals surface area contributed by atoms with Gasteiger partial charge in [0.1, 0.15) is 0 Å². The molecule has 2 aromatic rings. The molecule has 138 valence electrons. The topological polar surface area (TPSA) is 63.6 Å². The number of aromatic nitrogens is 1. The van der Waals surface area contributed by atoms with Crippen LogP contribution in [-0.4, -0.2) is 41.2 Å². The Bertz CT molecular complexity index is 773. The van der Waals surface area contributed by atoms with Crippen molar-refractivity contribution >= 4 is 23.6 Å². The predicted octanol–water partition coefficient (Wildman–Crippen LogP) is 3.21. The van der Waals surface area contributed by atoms with Crippen LogP contribution in [0, 0.1) is 0 Å². The smallest absolute Gasteiger partial charge is 0.318 e. The number of esters is 1. The van der Waals surface area contributed by atoms with Gasteiger partial charge in [0.25, 0.3) is 0 Å². The van der Waals surface area contributed by atoms with Crippen molar-refractivity contribution in [3.05, 3.63) is 58.9 Å². The number of fused-ring (bicyclic) bond motifs is 1. The first-order valence-electron chi connectivity index (χ1n) is 8.70. The van der Waals surface area contributed by atoms with Gasteiger partial charge in [0.15, 0.2) is 0 Å². The third-order valence-corrected chi connectivity index (χ3v) is 4.65. The average molecular weight is 376 g/mol. The van der Waals surface area contributed by atoms with Crippen LogP contribution in [0.4, 0.5) is 4.79 Å². The highest BCUT2D eigenvalue weighted by Crippen LogP contribution is 2.32. The van der Waals surface area contributed by atoms with Gasteiger partial charge < -0.3 is 19.5 Å². The Labute approximate surface area is 157 Å². The molecule has 6 nitrogen and oxygen atoms in total. The number of carbonyl (C=O) groups excluding carboxylic acids is 2. The molecule has 3 rings (SSSR count). The first-order chi connectivity index (χ1) is 12.6. The van der Waals surface area contributed by atoms with Crippen molar-refractivity contribution in [2.24, 2.45) is 0 Å². The van der Waals surface area contributed by atoms with Crippen molar-refractivity contribution < 1.29 is 14.3 Å². The van der Waals surface area contributed by atoms with E-state index in [9.17, 15) is 9.59 Å². The van der Waals surface area contributed by atoms with Crippen LogP contribution in [0.1, 0.15) is 30.6 Å². The zero-order chi connectivity index (χ0) is 18.5. The Morgan fingerprint density at radius 3 is 2.73 bits per heavy atom. The highest BCUT2D eigenvalue weighted by atomic mass is 35.5. The van der Waals surface area contributed by atoms with Gasteiger partial charge in [-0.05, 0) is 36.8 Å². The van der Waals surface area contributed by atoms with E-state index in [1.54, 1.807) is 11.8 Å². The molecule has 0 saturated heterocycles. The fourth-order valence-electron chi connectivity index (χ4n) is 3.20. The predicted molar refractivity (Wildman–Crippen MR) is 99.1 cm³/mol. The molecule has 7 heteroatoms. The lowest BCUT2D eigenvalue weighted by Crippen LogP contribution is -2.47. The maximum absolute atomic E-state index is 12.7. The Morgan fingerprint density at radius 1 is 1.23 bits per heavy atom. The van der Waals surface area contributed by atoms with Gasteiger partial charge in [-0.3, -0.25) is 4.79 Å². The molecule has 0 aliphatic carbocycles. The number of benzene rings is 1. The van der Waals surface area contributed by atoms with E-state index in [-0.39, 0.29) is 31.0 Å². The SMILES string of the molecule is CCOC(=O)CCNC(=O)N1CCn2cccc2[C@H]1c1ccc(Cl)cc1. The molecule has 1 atom stereocenters. The lowest BCUT2D eigenvalue weighted by Gasteiger charge is -2.37. The number of nitrogens with one attached hydrogen (secondary N) is 1. The fourth-order valence-corrected chi connectivity index (χ4v) is 3.33. The van der Waals surface area contributed by atoms with E-state index in [0.717, 1.165) is 17.8 Å². The summed E-state index contributed by atoms with van der Waals surface area (Å²) in [6.07, 6.45) is 2.18. The largest absolute Gasteiger partial charge is 0.466 e.